The lowest BCUT2D eigenvalue weighted by Crippen LogP contribution is -2.58. The van der Waals surface area contributed by atoms with Crippen LogP contribution >= 0.6 is 0 Å². The highest BCUT2D eigenvalue weighted by molar-refractivity contribution is 5.96. The van der Waals surface area contributed by atoms with Crippen molar-refractivity contribution in [3.05, 3.63) is 72.1 Å². The molecular formula is C32H40N8O6. The summed E-state index contributed by atoms with van der Waals surface area (Å²) in [6, 6.07) is 10.1. The lowest BCUT2D eigenvalue weighted by Gasteiger charge is -2.25. The second-order valence-corrected chi connectivity index (χ2v) is 11.2. The number of carbonyl (C=O) groups excluding carboxylic acids is 4. The molecule has 2 heterocycles. The van der Waals surface area contributed by atoms with Gasteiger partial charge in [0.25, 0.3) is 0 Å². The molecule has 4 atom stereocenters. The minimum atomic E-state index is -1.60. The number of H-pyrrole nitrogens is 2. The van der Waals surface area contributed by atoms with Crippen molar-refractivity contribution in [2.45, 2.75) is 62.7 Å². The van der Waals surface area contributed by atoms with Crippen LogP contribution in [-0.2, 0) is 36.8 Å². The molecule has 0 aliphatic rings. The van der Waals surface area contributed by atoms with Gasteiger partial charge in [-0.1, -0.05) is 36.4 Å². The summed E-state index contributed by atoms with van der Waals surface area (Å²) < 4.78 is 0. The molecule has 4 rings (SSSR count). The van der Waals surface area contributed by atoms with E-state index in [4.69, 9.17) is 17.2 Å². The van der Waals surface area contributed by atoms with E-state index in [-0.39, 0.29) is 19.3 Å². The Hall–Kier alpha value is -5.21. The summed E-state index contributed by atoms with van der Waals surface area (Å²) in [6.45, 7) is 0.379. The van der Waals surface area contributed by atoms with Gasteiger partial charge in [-0.15, -0.1) is 0 Å². The molecule has 0 fully saturated rings. The maximum Gasteiger partial charge on any atom is 0.326 e. The largest absolute Gasteiger partial charge is 0.480 e. The van der Waals surface area contributed by atoms with Crippen LogP contribution in [0.25, 0.3) is 21.8 Å². The normalized spacial score (nSPS) is 13.9. The maximum absolute atomic E-state index is 13.7. The third kappa shape index (κ3) is 8.70. The Labute approximate surface area is 264 Å². The van der Waals surface area contributed by atoms with Gasteiger partial charge >= 0.3 is 5.97 Å². The molecule has 4 unspecified atom stereocenters. The van der Waals surface area contributed by atoms with E-state index in [0.717, 1.165) is 27.4 Å². The smallest absolute Gasteiger partial charge is 0.326 e. The number of benzene rings is 2. The van der Waals surface area contributed by atoms with Crippen molar-refractivity contribution >= 4 is 51.4 Å². The molecule has 2 aromatic carbocycles. The van der Waals surface area contributed by atoms with Crippen molar-refractivity contribution < 1.29 is 29.1 Å². The summed E-state index contributed by atoms with van der Waals surface area (Å²) in [4.78, 5) is 69.9. The fourth-order valence-electron chi connectivity index (χ4n) is 5.35. The molecule has 0 radical (unpaired) electrons. The molecule has 0 aliphatic carbocycles. The fraction of sp³-hybridized carbons (Fsp3) is 0.344. The molecular weight excluding hydrogens is 592 g/mol. The lowest BCUT2D eigenvalue weighted by molar-refractivity contribution is -0.143. The van der Waals surface area contributed by atoms with Crippen LogP contribution in [-0.4, -0.2) is 75.4 Å². The minimum Gasteiger partial charge on any atom is -0.480 e. The Kier molecular flexibility index (Phi) is 11.5. The number of fused-ring (bicyclic) bond motifs is 2. The molecule has 0 saturated heterocycles. The molecule has 4 aromatic rings. The Morgan fingerprint density at radius 3 is 1.80 bits per heavy atom. The average Bonchev–Trinajstić information content (AvgIpc) is 3.63. The molecule has 14 heteroatoms. The van der Waals surface area contributed by atoms with E-state index in [2.05, 4.69) is 25.9 Å². The van der Waals surface area contributed by atoms with Gasteiger partial charge in [-0.3, -0.25) is 19.2 Å². The second-order valence-electron chi connectivity index (χ2n) is 11.2. The number of hydrogen-bond donors (Lipinski definition) is 9. The van der Waals surface area contributed by atoms with Crippen molar-refractivity contribution in [3.8, 4) is 0 Å². The molecule has 0 aliphatic heterocycles. The fourth-order valence-corrected chi connectivity index (χ4v) is 5.35. The Balaban J connectivity index is 1.53. The number of rotatable bonds is 17. The highest BCUT2D eigenvalue weighted by Gasteiger charge is 2.31. The van der Waals surface area contributed by atoms with E-state index >= 15 is 0 Å². The van der Waals surface area contributed by atoms with Crippen LogP contribution in [0.3, 0.4) is 0 Å². The van der Waals surface area contributed by atoms with Crippen LogP contribution < -0.4 is 33.2 Å². The average molecular weight is 633 g/mol. The summed E-state index contributed by atoms with van der Waals surface area (Å²) >= 11 is 0. The SMILES string of the molecule is NCCCCC(NC(=O)C(N)Cc1c[nH]c2ccccc12)C(=O)NC(Cc1c[nH]c2ccccc12)C(=O)NC(CC(N)=O)C(=O)O. The first kappa shape index (κ1) is 33.7. The van der Waals surface area contributed by atoms with Crippen molar-refractivity contribution in [1.82, 2.24) is 25.9 Å². The minimum absolute atomic E-state index is 0.0198. The Morgan fingerprint density at radius 2 is 1.24 bits per heavy atom. The van der Waals surface area contributed by atoms with Gasteiger partial charge in [-0.25, -0.2) is 4.79 Å². The molecule has 0 saturated carbocycles. The number of carbonyl (C=O) groups is 5. The molecule has 244 valence electrons. The highest BCUT2D eigenvalue weighted by Crippen LogP contribution is 2.20. The van der Waals surface area contributed by atoms with Crippen molar-refractivity contribution in [2.75, 3.05) is 6.54 Å². The number of carboxylic acid groups (broad SMARTS) is 1. The van der Waals surface area contributed by atoms with Gasteiger partial charge in [0, 0.05) is 40.6 Å². The summed E-state index contributed by atoms with van der Waals surface area (Å²) in [6.07, 6.45) is 4.36. The number of aromatic amines is 2. The van der Waals surface area contributed by atoms with Gasteiger partial charge in [-0.2, -0.15) is 0 Å². The monoisotopic (exact) mass is 632 g/mol. The molecule has 12 N–H and O–H groups in total. The summed E-state index contributed by atoms with van der Waals surface area (Å²) in [7, 11) is 0. The third-order valence-electron chi connectivity index (χ3n) is 7.78. The Bertz CT molecular complexity index is 1700. The van der Waals surface area contributed by atoms with Gasteiger partial charge in [0.1, 0.15) is 18.1 Å². The summed E-state index contributed by atoms with van der Waals surface area (Å²) in [5.41, 5.74) is 20.4. The van der Waals surface area contributed by atoms with Crippen LogP contribution in [0.2, 0.25) is 0 Å². The molecule has 0 spiro atoms. The van der Waals surface area contributed by atoms with Crippen LogP contribution in [0.5, 0.6) is 0 Å². The first-order valence-electron chi connectivity index (χ1n) is 15.0. The second kappa shape index (κ2) is 15.7. The zero-order chi connectivity index (χ0) is 33.2. The van der Waals surface area contributed by atoms with Crippen LogP contribution in [0.15, 0.2) is 60.9 Å². The van der Waals surface area contributed by atoms with Gasteiger partial charge in [-0.05, 0) is 55.5 Å². The van der Waals surface area contributed by atoms with Crippen molar-refractivity contribution in [3.63, 3.8) is 0 Å². The highest BCUT2D eigenvalue weighted by atomic mass is 16.4. The topological polar surface area (TPSA) is 251 Å². The number of hydrogen-bond acceptors (Lipinski definition) is 7. The third-order valence-corrected chi connectivity index (χ3v) is 7.78. The number of aromatic nitrogens is 2. The molecule has 0 bridgehead atoms. The van der Waals surface area contributed by atoms with Crippen LogP contribution in [0.1, 0.15) is 36.8 Å². The number of unbranched alkanes of at least 4 members (excludes halogenated alkanes) is 1. The number of nitrogens with one attached hydrogen (secondary N) is 5. The van der Waals surface area contributed by atoms with E-state index in [0.29, 0.717) is 24.9 Å². The lowest BCUT2D eigenvalue weighted by atomic mass is 10.0. The first-order chi connectivity index (χ1) is 22.1. The van der Waals surface area contributed by atoms with E-state index < -0.39 is 60.2 Å². The predicted molar refractivity (Wildman–Crippen MR) is 172 cm³/mol. The van der Waals surface area contributed by atoms with Crippen LogP contribution in [0.4, 0.5) is 0 Å². The van der Waals surface area contributed by atoms with Crippen molar-refractivity contribution in [2.24, 2.45) is 17.2 Å². The maximum atomic E-state index is 13.7. The number of carboxylic acids is 1. The molecule has 46 heavy (non-hydrogen) atoms. The number of nitrogens with two attached hydrogens (primary N) is 3. The molecule has 14 nitrogen and oxygen atoms in total. The van der Waals surface area contributed by atoms with Crippen LogP contribution in [0, 0.1) is 0 Å². The number of para-hydroxylation sites is 2. The van der Waals surface area contributed by atoms with E-state index in [1.54, 1.807) is 12.4 Å². The molecule has 4 amide bonds. The Morgan fingerprint density at radius 1 is 0.717 bits per heavy atom. The first-order valence-corrected chi connectivity index (χ1v) is 15.0. The van der Waals surface area contributed by atoms with E-state index in [9.17, 15) is 29.1 Å². The number of aliphatic carboxylic acids is 1. The zero-order valence-electron chi connectivity index (χ0n) is 25.3. The van der Waals surface area contributed by atoms with E-state index in [1.165, 1.54) is 0 Å². The summed E-state index contributed by atoms with van der Waals surface area (Å²) in [5, 5.41) is 19.0. The van der Waals surface area contributed by atoms with Gasteiger partial charge in [0.05, 0.1) is 12.5 Å². The van der Waals surface area contributed by atoms with Gasteiger partial charge in [0.15, 0.2) is 0 Å². The van der Waals surface area contributed by atoms with Gasteiger partial charge < -0.3 is 48.2 Å². The number of primary amides is 1. The molecule has 2 aromatic heterocycles. The predicted octanol–water partition coefficient (Wildman–Crippen LogP) is 0.305. The van der Waals surface area contributed by atoms with E-state index in [1.807, 2.05) is 48.5 Å². The number of amides is 4. The van der Waals surface area contributed by atoms with Gasteiger partial charge in [0.2, 0.25) is 23.6 Å². The standard InChI is InChI=1S/C32H40N8O6/c33-12-6-5-11-25(38-29(42)22(34)13-18-16-36-23-9-3-1-7-20(18)23)30(43)39-26(31(44)40-27(32(45)46)15-28(35)41)14-19-17-37-24-10-4-2-8-21(19)24/h1-4,7-10,16-17,22,25-27,36-37H,5-6,11-15,33-34H2,(H2,35,41)(H,38,42)(H,39,43)(H,40,44)(H,45,46). The van der Waals surface area contributed by atoms with Crippen molar-refractivity contribution in [1.29, 1.82) is 0 Å². The summed E-state index contributed by atoms with van der Waals surface area (Å²) in [5.74, 6) is -4.43. The quantitative estimate of drug-likeness (QED) is 0.0731. The zero-order valence-corrected chi connectivity index (χ0v) is 25.3.